The number of benzene rings is 1. The minimum absolute atomic E-state index is 0.131. The SMILES string of the molecule is O=[SH](=O)OCCS(=O)(=O)c1cc[c]cc1. The highest BCUT2D eigenvalue weighted by molar-refractivity contribution is 7.91. The first kappa shape index (κ1) is 12.2. The van der Waals surface area contributed by atoms with Gasteiger partial charge >= 0.3 is 0 Å². The standard InChI is InChI=1S/C8H9O5S2/c9-14(10)13-6-7-15(11,12)8-4-2-1-3-5-8/h2-5,14H,6-7H2. The van der Waals surface area contributed by atoms with Crippen molar-refractivity contribution in [3.8, 4) is 0 Å². The lowest BCUT2D eigenvalue weighted by Crippen LogP contribution is -2.12. The van der Waals surface area contributed by atoms with E-state index < -0.39 is 20.8 Å². The van der Waals surface area contributed by atoms with Crippen LogP contribution in [-0.4, -0.2) is 29.2 Å². The van der Waals surface area contributed by atoms with Crippen LogP contribution in [0, 0.1) is 6.07 Å². The van der Waals surface area contributed by atoms with Crippen LogP contribution in [-0.2, 0) is 25.0 Å². The van der Waals surface area contributed by atoms with Gasteiger partial charge < -0.3 is 0 Å². The van der Waals surface area contributed by atoms with Gasteiger partial charge in [0, 0.05) is 0 Å². The van der Waals surface area contributed by atoms with Gasteiger partial charge in [-0.3, -0.25) is 4.18 Å². The Morgan fingerprint density at radius 2 is 1.87 bits per heavy atom. The third-order valence-corrected chi connectivity index (χ3v) is 3.68. The summed E-state index contributed by atoms with van der Waals surface area (Å²) in [6.45, 7) is -0.361. The second-order valence-corrected chi connectivity index (χ2v) is 5.43. The molecule has 0 saturated carbocycles. The van der Waals surface area contributed by atoms with E-state index in [-0.39, 0.29) is 17.3 Å². The summed E-state index contributed by atoms with van der Waals surface area (Å²) in [6.07, 6.45) is 0. The predicted octanol–water partition coefficient (Wildman–Crippen LogP) is -0.197. The first-order chi connectivity index (χ1) is 7.02. The zero-order valence-electron chi connectivity index (χ0n) is 7.62. The molecule has 0 fully saturated rings. The Bertz CT molecular complexity index is 467. The molecule has 7 heteroatoms. The van der Waals surface area contributed by atoms with E-state index in [0.717, 1.165) is 0 Å². The van der Waals surface area contributed by atoms with Gasteiger partial charge in [0.05, 0.1) is 17.3 Å². The summed E-state index contributed by atoms with van der Waals surface area (Å²) < 4.78 is 47.3. The maximum Gasteiger partial charge on any atom is 0.257 e. The summed E-state index contributed by atoms with van der Waals surface area (Å²) in [5.74, 6) is -0.361. The van der Waals surface area contributed by atoms with Crippen LogP contribution in [0.1, 0.15) is 0 Å². The Kier molecular flexibility index (Phi) is 4.25. The van der Waals surface area contributed by atoms with Crippen molar-refractivity contribution in [2.24, 2.45) is 0 Å². The maximum atomic E-state index is 11.5. The Morgan fingerprint density at radius 3 is 2.40 bits per heavy atom. The molecule has 0 aliphatic heterocycles. The second-order valence-electron chi connectivity index (χ2n) is 2.61. The second kappa shape index (κ2) is 5.24. The average molecular weight is 249 g/mol. The van der Waals surface area contributed by atoms with Crippen molar-refractivity contribution in [1.82, 2.24) is 0 Å². The highest BCUT2D eigenvalue weighted by Gasteiger charge is 2.13. The molecule has 1 aromatic rings. The molecule has 0 bridgehead atoms. The lowest BCUT2D eigenvalue weighted by molar-refractivity contribution is 0.355. The summed E-state index contributed by atoms with van der Waals surface area (Å²) in [5.41, 5.74) is 0. The summed E-state index contributed by atoms with van der Waals surface area (Å²) >= 11 is 0. The van der Waals surface area contributed by atoms with E-state index in [0.29, 0.717) is 0 Å². The molecule has 0 aliphatic rings. The molecule has 1 radical (unpaired) electrons. The van der Waals surface area contributed by atoms with E-state index in [9.17, 15) is 16.8 Å². The summed E-state index contributed by atoms with van der Waals surface area (Å²) in [5, 5.41) is 0. The molecule has 0 aliphatic carbocycles. The molecule has 0 heterocycles. The smallest absolute Gasteiger partial charge is 0.257 e. The fourth-order valence-electron chi connectivity index (χ4n) is 0.918. The number of hydrogen-bond acceptors (Lipinski definition) is 5. The molecule has 5 nitrogen and oxygen atoms in total. The first-order valence-electron chi connectivity index (χ1n) is 3.98. The third-order valence-electron chi connectivity index (χ3n) is 1.60. The van der Waals surface area contributed by atoms with Crippen LogP contribution in [0.4, 0.5) is 0 Å². The van der Waals surface area contributed by atoms with Crippen molar-refractivity contribution >= 4 is 20.8 Å². The molecule has 0 unspecified atom stereocenters. The number of rotatable bonds is 5. The maximum absolute atomic E-state index is 11.5. The van der Waals surface area contributed by atoms with E-state index >= 15 is 0 Å². The number of thiol groups is 1. The topological polar surface area (TPSA) is 77.5 Å². The van der Waals surface area contributed by atoms with Crippen LogP contribution < -0.4 is 0 Å². The van der Waals surface area contributed by atoms with Gasteiger partial charge in [0.1, 0.15) is 0 Å². The van der Waals surface area contributed by atoms with E-state index in [1.54, 1.807) is 0 Å². The van der Waals surface area contributed by atoms with Gasteiger partial charge in [-0.15, -0.1) is 0 Å². The van der Waals surface area contributed by atoms with Crippen molar-refractivity contribution in [2.75, 3.05) is 12.4 Å². The first-order valence-corrected chi connectivity index (χ1v) is 6.73. The fraction of sp³-hybridized carbons (Fsp3) is 0.250. The highest BCUT2D eigenvalue weighted by atomic mass is 32.2. The van der Waals surface area contributed by atoms with Gasteiger partial charge in [-0.25, -0.2) is 16.8 Å². The van der Waals surface area contributed by atoms with E-state index in [1.807, 2.05) is 0 Å². The molecule has 0 spiro atoms. The van der Waals surface area contributed by atoms with Crippen molar-refractivity contribution in [3.63, 3.8) is 0 Å². The van der Waals surface area contributed by atoms with Gasteiger partial charge in [-0.05, 0) is 18.2 Å². The third kappa shape index (κ3) is 3.98. The molecule has 0 N–H and O–H groups in total. The lowest BCUT2D eigenvalue weighted by atomic mass is 10.4. The lowest BCUT2D eigenvalue weighted by Gasteiger charge is -2.01. The van der Waals surface area contributed by atoms with Gasteiger partial charge in [-0.1, -0.05) is 12.1 Å². The van der Waals surface area contributed by atoms with Crippen LogP contribution in [0.5, 0.6) is 0 Å². The summed E-state index contributed by atoms with van der Waals surface area (Å²) in [4.78, 5) is 0.131. The fourth-order valence-corrected chi connectivity index (χ4v) is 2.37. The quantitative estimate of drug-likeness (QED) is 0.731. The molecule has 0 aromatic heterocycles. The summed E-state index contributed by atoms with van der Waals surface area (Å²) in [7, 11) is -6.46. The Hall–Kier alpha value is -0.920. The Balaban J connectivity index is 2.69. The van der Waals surface area contributed by atoms with Gasteiger partial charge in [0.25, 0.3) is 11.0 Å². The molecule has 1 aromatic carbocycles. The minimum Gasteiger partial charge on any atom is -0.271 e. The van der Waals surface area contributed by atoms with Crippen LogP contribution in [0.15, 0.2) is 29.2 Å². The van der Waals surface area contributed by atoms with Crippen molar-refractivity contribution < 1.29 is 21.0 Å². The largest absolute Gasteiger partial charge is 0.271 e. The summed E-state index contributed by atoms with van der Waals surface area (Å²) in [6, 6.07) is 8.43. The average Bonchev–Trinajstić information content (AvgIpc) is 2.18. The normalized spacial score (nSPS) is 11.8. The zero-order valence-corrected chi connectivity index (χ0v) is 9.33. The van der Waals surface area contributed by atoms with Crippen molar-refractivity contribution in [2.45, 2.75) is 4.90 Å². The van der Waals surface area contributed by atoms with Gasteiger partial charge in [0.15, 0.2) is 9.84 Å². The van der Waals surface area contributed by atoms with Gasteiger partial charge in [0.2, 0.25) is 0 Å². The Morgan fingerprint density at radius 1 is 1.27 bits per heavy atom. The van der Waals surface area contributed by atoms with E-state index in [1.165, 1.54) is 24.3 Å². The zero-order chi connectivity index (χ0) is 11.3. The van der Waals surface area contributed by atoms with Crippen LogP contribution in [0.2, 0.25) is 0 Å². The Labute approximate surface area is 89.8 Å². The van der Waals surface area contributed by atoms with Gasteiger partial charge in [-0.2, -0.15) is 0 Å². The van der Waals surface area contributed by atoms with Crippen molar-refractivity contribution in [3.05, 3.63) is 30.3 Å². The number of hydrogen-bond donors (Lipinski definition) is 1. The van der Waals surface area contributed by atoms with E-state index in [4.69, 9.17) is 0 Å². The van der Waals surface area contributed by atoms with Crippen LogP contribution in [0.25, 0.3) is 0 Å². The highest BCUT2D eigenvalue weighted by Crippen LogP contribution is 2.09. The molecule has 0 atom stereocenters. The molecule has 15 heavy (non-hydrogen) atoms. The molecule has 0 amide bonds. The molecule has 0 saturated heterocycles. The monoisotopic (exact) mass is 249 g/mol. The molecule has 83 valence electrons. The van der Waals surface area contributed by atoms with Crippen molar-refractivity contribution in [1.29, 1.82) is 0 Å². The molecular weight excluding hydrogens is 240 g/mol. The number of sulfone groups is 1. The molecule has 1 rings (SSSR count). The van der Waals surface area contributed by atoms with E-state index in [2.05, 4.69) is 10.2 Å². The van der Waals surface area contributed by atoms with Crippen LogP contribution in [0.3, 0.4) is 0 Å². The predicted molar refractivity (Wildman–Crippen MR) is 53.6 cm³/mol. The minimum atomic E-state index is -3.47. The molecular formula is C8H9O5S2. The van der Waals surface area contributed by atoms with Crippen LogP contribution >= 0.6 is 0 Å².